The highest BCUT2D eigenvalue weighted by molar-refractivity contribution is 7.99. The summed E-state index contributed by atoms with van der Waals surface area (Å²) in [7, 11) is 1.33. The van der Waals surface area contributed by atoms with Gasteiger partial charge in [0, 0.05) is 24.0 Å². The summed E-state index contributed by atoms with van der Waals surface area (Å²) in [5.41, 5.74) is 0.904. The molecule has 1 fully saturated rings. The third kappa shape index (κ3) is 5.09. The Morgan fingerprint density at radius 2 is 2.14 bits per heavy atom. The van der Waals surface area contributed by atoms with E-state index in [0.717, 1.165) is 24.2 Å². The van der Waals surface area contributed by atoms with Gasteiger partial charge in [0.15, 0.2) is 11.0 Å². The minimum atomic E-state index is -0.634. The number of hydrogen-bond acceptors (Lipinski definition) is 7. The normalized spacial score (nSPS) is 14.7. The number of amides is 1. The lowest BCUT2D eigenvalue weighted by molar-refractivity contribution is -0.145. The van der Waals surface area contributed by atoms with Crippen LogP contribution in [0.15, 0.2) is 29.7 Å². The maximum absolute atomic E-state index is 12.4. The van der Waals surface area contributed by atoms with E-state index in [0.29, 0.717) is 17.6 Å². The van der Waals surface area contributed by atoms with Crippen molar-refractivity contribution in [3.8, 4) is 11.4 Å². The molecule has 1 amide bonds. The first-order valence-corrected chi connectivity index (χ1v) is 10.3. The van der Waals surface area contributed by atoms with Gasteiger partial charge in [-0.1, -0.05) is 25.6 Å². The summed E-state index contributed by atoms with van der Waals surface area (Å²) in [6, 6.07) is 3.54. The predicted octanol–water partition coefficient (Wildman–Crippen LogP) is 2.47. The zero-order valence-electron chi connectivity index (χ0n) is 16.3. The van der Waals surface area contributed by atoms with Crippen LogP contribution in [0.5, 0.6) is 0 Å². The molecular formula is C19H25N5O3S. The molecule has 9 heteroatoms. The highest BCUT2D eigenvalue weighted by Crippen LogP contribution is 2.40. The largest absolute Gasteiger partial charge is 0.467 e. The molecule has 2 aromatic rings. The molecule has 2 aromatic heterocycles. The van der Waals surface area contributed by atoms with Gasteiger partial charge in [-0.3, -0.25) is 14.3 Å². The van der Waals surface area contributed by atoms with Crippen molar-refractivity contribution in [2.24, 2.45) is 5.92 Å². The van der Waals surface area contributed by atoms with E-state index in [2.05, 4.69) is 25.1 Å². The van der Waals surface area contributed by atoms with E-state index >= 15 is 0 Å². The topological polar surface area (TPSA) is 99.0 Å². The van der Waals surface area contributed by atoms with Gasteiger partial charge in [-0.25, -0.2) is 4.79 Å². The van der Waals surface area contributed by atoms with E-state index in [1.807, 2.05) is 26.0 Å². The molecule has 0 radical (unpaired) electrons. The second-order valence-corrected chi connectivity index (χ2v) is 8.15. The van der Waals surface area contributed by atoms with Crippen LogP contribution >= 0.6 is 11.8 Å². The maximum Gasteiger partial charge on any atom is 0.328 e. The molecule has 28 heavy (non-hydrogen) atoms. The summed E-state index contributed by atoms with van der Waals surface area (Å²) in [5.74, 6) is 0.535. The lowest BCUT2D eigenvalue weighted by atomic mass is 10.0. The number of aromatic nitrogens is 4. The summed E-state index contributed by atoms with van der Waals surface area (Å²) in [6.07, 6.45) is 6.16. The fraction of sp³-hybridized carbons (Fsp3) is 0.526. The van der Waals surface area contributed by atoms with Crippen LogP contribution in [0.1, 0.15) is 39.2 Å². The zero-order chi connectivity index (χ0) is 20.1. The highest BCUT2D eigenvalue weighted by Gasteiger charge is 2.30. The van der Waals surface area contributed by atoms with Gasteiger partial charge in [-0.2, -0.15) is 0 Å². The highest BCUT2D eigenvalue weighted by atomic mass is 32.2. The SMILES string of the molecule is COC(=O)[C@@H](CC(C)C)NC(=O)CSc1nnc(-c2cccnc2)n1C1CC1. The Hall–Kier alpha value is -2.42. The van der Waals surface area contributed by atoms with Gasteiger partial charge in [-0.15, -0.1) is 10.2 Å². The second kappa shape index (κ2) is 9.18. The van der Waals surface area contributed by atoms with Crippen molar-refractivity contribution in [2.75, 3.05) is 12.9 Å². The molecule has 0 saturated heterocycles. The standard InChI is InChI=1S/C19H25N5O3S/c1-12(2)9-15(18(26)27-3)21-16(25)11-28-19-23-22-17(24(19)14-6-7-14)13-5-4-8-20-10-13/h4-5,8,10,12,14-15H,6-7,9,11H2,1-3H3,(H,21,25)/t15-/m1/s1. The molecule has 0 bridgehead atoms. The first-order chi connectivity index (χ1) is 13.5. The van der Waals surface area contributed by atoms with E-state index in [-0.39, 0.29) is 17.6 Å². The van der Waals surface area contributed by atoms with Crippen LogP contribution < -0.4 is 5.32 Å². The number of thioether (sulfide) groups is 1. The minimum Gasteiger partial charge on any atom is -0.467 e. The van der Waals surface area contributed by atoms with Crippen LogP contribution in [0, 0.1) is 5.92 Å². The van der Waals surface area contributed by atoms with Crippen molar-refractivity contribution in [1.82, 2.24) is 25.1 Å². The Balaban J connectivity index is 1.66. The Morgan fingerprint density at radius 1 is 1.36 bits per heavy atom. The molecule has 1 saturated carbocycles. The second-order valence-electron chi connectivity index (χ2n) is 7.21. The number of nitrogens with one attached hydrogen (secondary N) is 1. The number of rotatable bonds is 9. The Bertz CT molecular complexity index is 820. The lowest BCUT2D eigenvalue weighted by Gasteiger charge is -2.18. The molecule has 150 valence electrons. The summed E-state index contributed by atoms with van der Waals surface area (Å²) in [6.45, 7) is 3.99. The first-order valence-electron chi connectivity index (χ1n) is 9.35. The fourth-order valence-corrected chi connectivity index (χ4v) is 3.74. The van der Waals surface area contributed by atoms with E-state index in [1.54, 1.807) is 12.4 Å². The van der Waals surface area contributed by atoms with Gasteiger partial charge < -0.3 is 10.1 Å². The van der Waals surface area contributed by atoms with Gasteiger partial charge >= 0.3 is 5.97 Å². The van der Waals surface area contributed by atoms with Crippen LogP contribution in [0.4, 0.5) is 0 Å². The number of nitrogens with zero attached hydrogens (tertiary/aromatic N) is 4. The van der Waals surface area contributed by atoms with Crippen LogP contribution in [0.25, 0.3) is 11.4 Å². The molecule has 3 rings (SSSR count). The quantitative estimate of drug-likeness (QED) is 0.507. The zero-order valence-corrected chi connectivity index (χ0v) is 17.1. The summed E-state index contributed by atoms with van der Waals surface area (Å²) >= 11 is 1.32. The van der Waals surface area contributed by atoms with Crippen LogP contribution in [0.3, 0.4) is 0 Å². The van der Waals surface area contributed by atoms with Crippen molar-refractivity contribution in [3.05, 3.63) is 24.5 Å². The number of carbonyl (C=O) groups is 2. The van der Waals surface area contributed by atoms with Crippen molar-refractivity contribution in [1.29, 1.82) is 0 Å². The first kappa shape index (κ1) is 20.3. The number of hydrogen-bond donors (Lipinski definition) is 1. The van der Waals surface area contributed by atoms with Gasteiger partial charge in [-0.05, 0) is 37.3 Å². The van der Waals surface area contributed by atoms with E-state index in [4.69, 9.17) is 4.74 Å². The average molecular weight is 404 g/mol. The van der Waals surface area contributed by atoms with Crippen LogP contribution in [0.2, 0.25) is 0 Å². The number of pyridine rings is 1. The van der Waals surface area contributed by atoms with Crippen molar-refractivity contribution in [3.63, 3.8) is 0 Å². The number of esters is 1. The average Bonchev–Trinajstić information content (AvgIpc) is 3.44. The fourth-order valence-electron chi connectivity index (χ4n) is 2.92. The van der Waals surface area contributed by atoms with Gasteiger partial charge in [0.2, 0.25) is 5.91 Å². The maximum atomic E-state index is 12.4. The van der Waals surface area contributed by atoms with Crippen molar-refractivity contribution >= 4 is 23.6 Å². The molecule has 1 N–H and O–H groups in total. The van der Waals surface area contributed by atoms with Crippen LogP contribution in [-0.2, 0) is 14.3 Å². The number of carbonyl (C=O) groups excluding carboxylic acids is 2. The molecule has 2 heterocycles. The molecule has 0 aliphatic heterocycles. The van der Waals surface area contributed by atoms with Gasteiger partial charge in [0.1, 0.15) is 6.04 Å². The van der Waals surface area contributed by atoms with Crippen molar-refractivity contribution < 1.29 is 14.3 Å². The molecule has 1 aliphatic carbocycles. The minimum absolute atomic E-state index is 0.156. The molecule has 1 aliphatic rings. The number of methoxy groups -OCH3 is 1. The molecule has 1 atom stereocenters. The molecule has 0 aromatic carbocycles. The van der Waals surface area contributed by atoms with Crippen molar-refractivity contribution in [2.45, 2.75) is 50.4 Å². The monoisotopic (exact) mass is 403 g/mol. The molecule has 0 spiro atoms. The smallest absolute Gasteiger partial charge is 0.328 e. The summed E-state index contributed by atoms with van der Waals surface area (Å²) < 4.78 is 6.88. The number of ether oxygens (including phenoxy) is 1. The summed E-state index contributed by atoms with van der Waals surface area (Å²) in [4.78, 5) is 28.4. The van der Waals surface area contributed by atoms with Crippen LogP contribution in [-0.4, -0.2) is 50.5 Å². The molecule has 0 unspecified atom stereocenters. The predicted molar refractivity (Wildman–Crippen MR) is 106 cm³/mol. The Morgan fingerprint density at radius 3 is 2.75 bits per heavy atom. The van der Waals surface area contributed by atoms with E-state index in [1.165, 1.54) is 18.9 Å². The molecule has 8 nitrogen and oxygen atoms in total. The van der Waals surface area contributed by atoms with E-state index < -0.39 is 12.0 Å². The Labute approximate surface area is 168 Å². The third-order valence-electron chi connectivity index (χ3n) is 4.36. The Kier molecular flexibility index (Phi) is 6.66. The van der Waals surface area contributed by atoms with E-state index in [9.17, 15) is 9.59 Å². The lowest BCUT2D eigenvalue weighted by Crippen LogP contribution is -2.43. The summed E-state index contributed by atoms with van der Waals surface area (Å²) in [5, 5.41) is 12.1. The van der Waals surface area contributed by atoms with Gasteiger partial charge in [0.05, 0.1) is 12.9 Å². The molecular weight excluding hydrogens is 378 g/mol. The third-order valence-corrected chi connectivity index (χ3v) is 5.30. The van der Waals surface area contributed by atoms with Gasteiger partial charge in [0.25, 0.3) is 0 Å².